The highest BCUT2D eigenvalue weighted by molar-refractivity contribution is 7.10. The van der Waals surface area contributed by atoms with Gasteiger partial charge in [-0.2, -0.15) is 0 Å². The Kier molecular flexibility index (Phi) is 4.35. The van der Waals surface area contributed by atoms with Gasteiger partial charge in [0.15, 0.2) is 0 Å². The van der Waals surface area contributed by atoms with Crippen LogP contribution in [0.3, 0.4) is 0 Å². The fraction of sp³-hybridized carbons (Fsp3) is 0.333. The highest BCUT2D eigenvalue weighted by atomic mass is 32.1. The predicted molar refractivity (Wildman–Crippen MR) is 75.7 cm³/mol. The highest BCUT2D eigenvalue weighted by Gasteiger charge is 2.13. The molecular weight excluding hydrogens is 226 g/mol. The Bertz CT molecular complexity index is 448. The van der Waals surface area contributed by atoms with E-state index < -0.39 is 0 Å². The zero-order valence-corrected chi connectivity index (χ0v) is 11.3. The Morgan fingerprint density at radius 1 is 1.18 bits per heavy atom. The summed E-state index contributed by atoms with van der Waals surface area (Å²) in [6.45, 7) is 5.34. The van der Waals surface area contributed by atoms with Crippen LogP contribution in [0.1, 0.15) is 35.9 Å². The molecule has 0 aliphatic rings. The van der Waals surface area contributed by atoms with Crippen LogP contribution in [0.4, 0.5) is 0 Å². The minimum Gasteiger partial charge on any atom is -0.306 e. The topological polar surface area (TPSA) is 12.0 Å². The number of hydrogen-bond acceptors (Lipinski definition) is 2. The van der Waals surface area contributed by atoms with Crippen molar-refractivity contribution in [3.63, 3.8) is 0 Å². The smallest absolute Gasteiger partial charge is 0.0671 e. The Hall–Kier alpha value is -1.12. The Labute approximate surface area is 108 Å². The molecule has 17 heavy (non-hydrogen) atoms. The summed E-state index contributed by atoms with van der Waals surface area (Å²) in [4.78, 5) is 1.39. The molecule has 0 saturated heterocycles. The van der Waals surface area contributed by atoms with Gasteiger partial charge >= 0.3 is 0 Å². The van der Waals surface area contributed by atoms with Crippen LogP contribution in [0, 0.1) is 0 Å². The van der Waals surface area contributed by atoms with Crippen molar-refractivity contribution < 1.29 is 0 Å². The first-order chi connectivity index (χ1) is 8.35. The second kappa shape index (κ2) is 5.99. The summed E-state index contributed by atoms with van der Waals surface area (Å²) in [5.41, 5.74) is 2.77. The van der Waals surface area contributed by atoms with Crippen LogP contribution in [0.2, 0.25) is 0 Å². The Morgan fingerprint density at radius 3 is 2.71 bits per heavy atom. The maximum Gasteiger partial charge on any atom is 0.0671 e. The van der Waals surface area contributed by atoms with Crippen LogP contribution < -0.4 is 5.32 Å². The highest BCUT2D eigenvalue weighted by Crippen LogP contribution is 2.26. The summed E-state index contributed by atoms with van der Waals surface area (Å²) in [5.74, 6) is 0. The SMILES string of the molecule is CCNC(c1cccc(CC)c1)c1cccs1. The second-order valence-corrected chi connectivity index (χ2v) is 5.08. The third-order valence-electron chi connectivity index (χ3n) is 2.93. The van der Waals surface area contributed by atoms with Gasteiger partial charge in [0.2, 0.25) is 0 Å². The van der Waals surface area contributed by atoms with Crippen molar-refractivity contribution in [2.24, 2.45) is 0 Å². The first-order valence-electron chi connectivity index (χ1n) is 6.20. The van der Waals surface area contributed by atoms with Crippen LogP contribution in [0.25, 0.3) is 0 Å². The van der Waals surface area contributed by atoms with E-state index in [-0.39, 0.29) is 0 Å². The number of rotatable bonds is 5. The first-order valence-corrected chi connectivity index (χ1v) is 7.08. The molecule has 2 rings (SSSR count). The molecule has 1 aromatic heterocycles. The molecular formula is C15H19NS. The maximum absolute atomic E-state index is 3.56. The number of thiophene rings is 1. The molecule has 1 heterocycles. The molecule has 0 aliphatic heterocycles. The van der Waals surface area contributed by atoms with E-state index in [2.05, 4.69) is 60.9 Å². The number of aryl methyl sites for hydroxylation is 1. The van der Waals surface area contributed by atoms with E-state index in [1.54, 1.807) is 0 Å². The van der Waals surface area contributed by atoms with E-state index in [0.29, 0.717) is 6.04 Å². The molecule has 0 aliphatic carbocycles. The third kappa shape index (κ3) is 2.96. The van der Waals surface area contributed by atoms with Gasteiger partial charge in [-0.05, 0) is 35.5 Å². The summed E-state index contributed by atoms with van der Waals surface area (Å²) >= 11 is 1.82. The molecule has 1 nitrogen and oxygen atoms in total. The fourth-order valence-electron chi connectivity index (χ4n) is 2.03. The van der Waals surface area contributed by atoms with Gasteiger partial charge < -0.3 is 5.32 Å². The van der Waals surface area contributed by atoms with Crippen LogP contribution in [0.5, 0.6) is 0 Å². The van der Waals surface area contributed by atoms with E-state index in [4.69, 9.17) is 0 Å². The minimum absolute atomic E-state index is 0.339. The zero-order valence-electron chi connectivity index (χ0n) is 10.4. The van der Waals surface area contributed by atoms with Crippen LogP contribution in [-0.2, 0) is 6.42 Å². The third-order valence-corrected chi connectivity index (χ3v) is 3.87. The predicted octanol–water partition coefficient (Wildman–Crippen LogP) is 4.01. The maximum atomic E-state index is 3.56. The van der Waals surface area contributed by atoms with E-state index >= 15 is 0 Å². The number of hydrogen-bond donors (Lipinski definition) is 1. The molecule has 0 amide bonds. The van der Waals surface area contributed by atoms with Gasteiger partial charge in [0.05, 0.1) is 6.04 Å². The molecule has 2 heteroatoms. The molecule has 1 N–H and O–H groups in total. The van der Waals surface area contributed by atoms with E-state index in [9.17, 15) is 0 Å². The molecule has 0 spiro atoms. The van der Waals surface area contributed by atoms with E-state index in [1.807, 2.05) is 11.3 Å². The Balaban J connectivity index is 2.32. The molecule has 0 saturated carbocycles. The van der Waals surface area contributed by atoms with E-state index in [1.165, 1.54) is 16.0 Å². The van der Waals surface area contributed by atoms with Gasteiger partial charge in [-0.25, -0.2) is 0 Å². The van der Waals surface area contributed by atoms with Crippen LogP contribution in [0.15, 0.2) is 41.8 Å². The summed E-state index contributed by atoms with van der Waals surface area (Å²) < 4.78 is 0. The lowest BCUT2D eigenvalue weighted by molar-refractivity contribution is 0.639. The molecule has 0 fully saturated rings. The average molecular weight is 245 g/mol. The van der Waals surface area contributed by atoms with Crippen molar-refractivity contribution >= 4 is 11.3 Å². The fourth-order valence-corrected chi connectivity index (χ4v) is 2.86. The molecule has 1 unspecified atom stereocenters. The van der Waals surface area contributed by atoms with Crippen molar-refractivity contribution in [2.45, 2.75) is 26.3 Å². The molecule has 0 radical (unpaired) electrons. The summed E-state index contributed by atoms with van der Waals surface area (Å²) in [6, 6.07) is 13.5. The minimum atomic E-state index is 0.339. The van der Waals surface area contributed by atoms with Gasteiger partial charge in [0.1, 0.15) is 0 Å². The monoisotopic (exact) mass is 245 g/mol. The first kappa shape index (κ1) is 12.3. The van der Waals surface area contributed by atoms with Crippen molar-refractivity contribution in [1.82, 2.24) is 5.32 Å². The zero-order chi connectivity index (χ0) is 12.1. The van der Waals surface area contributed by atoms with Gasteiger partial charge in [-0.3, -0.25) is 0 Å². The molecule has 1 aromatic carbocycles. The van der Waals surface area contributed by atoms with Gasteiger partial charge in [0.25, 0.3) is 0 Å². The summed E-state index contributed by atoms with van der Waals surface area (Å²) in [5, 5.41) is 5.71. The van der Waals surface area contributed by atoms with Crippen molar-refractivity contribution in [2.75, 3.05) is 6.54 Å². The van der Waals surface area contributed by atoms with Gasteiger partial charge in [-0.1, -0.05) is 44.2 Å². The lowest BCUT2D eigenvalue weighted by Gasteiger charge is -2.17. The number of benzene rings is 1. The van der Waals surface area contributed by atoms with E-state index in [0.717, 1.165) is 13.0 Å². The second-order valence-electron chi connectivity index (χ2n) is 4.10. The standard InChI is InChI=1S/C15H19NS/c1-3-12-7-5-8-13(11-12)15(16-4-2)14-9-6-10-17-14/h5-11,15-16H,3-4H2,1-2H3. The van der Waals surface area contributed by atoms with Gasteiger partial charge in [-0.15, -0.1) is 11.3 Å². The van der Waals surface area contributed by atoms with Crippen LogP contribution in [-0.4, -0.2) is 6.54 Å². The van der Waals surface area contributed by atoms with Gasteiger partial charge in [0, 0.05) is 4.88 Å². The molecule has 2 aromatic rings. The number of nitrogens with one attached hydrogen (secondary N) is 1. The average Bonchev–Trinajstić information content (AvgIpc) is 2.89. The normalized spacial score (nSPS) is 12.6. The van der Waals surface area contributed by atoms with Crippen molar-refractivity contribution in [3.05, 3.63) is 57.8 Å². The lowest BCUT2D eigenvalue weighted by atomic mass is 10.0. The lowest BCUT2D eigenvalue weighted by Crippen LogP contribution is -2.21. The Morgan fingerprint density at radius 2 is 2.06 bits per heavy atom. The quantitative estimate of drug-likeness (QED) is 0.839. The van der Waals surface area contributed by atoms with Crippen LogP contribution >= 0.6 is 11.3 Å². The molecule has 1 atom stereocenters. The van der Waals surface area contributed by atoms with Crippen molar-refractivity contribution in [1.29, 1.82) is 0 Å². The summed E-state index contributed by atoms with van der Waals surface area (Å²) in [6.07, 6.45) is 1.09. The largest absolute Gasteiger partial charge is 0.306 e. The summed E-state index contributed by atoms with van der Waals surface area (Å²) in [7, 11) is 0. The van der Waals surface area contributed by atoms with Crippen molar-refractivity contribution in [3.8, 4) is 0 Å². The molecule has 0 bridgehead atoms. The molecule has 90 valence electrons.